The number of aryl methyl sites for hydroxylation is 1. The minimum atomic E-state index is 0.192. The Kier molecular flexibility index (Phi) is 2.86. The molecule has 1 amide bonds. The molecule has 0 unspecified atom stereocenters. The van der Waals surface area contributed by atoms with Gasteiger partial charge in [0.15, 0.2) is 0 Å². The average molecular weight is 244 g/mol. The van der Waals surface area contributed by atoms with Gasteiger partial charge in [-0.05, 0) is 45.0 Å². The lowest BCUT2D eigenvalue weighted by molar-refractivity contribution is 0.0774. The van der Waals surface area contributed by atoms with Crippen LogP contribution in [0.3, 0.4) is 0 Å². The monoisotopic (exact) mass is 244 g/mol. The van der Waals surface area contributed by atoms with Gasteiger partial charge in [-0.1, -0.05) is 17.7 Å². The summed E-state index contributed by atoms with van der Waals surface area (Å²) in [6, 6.07) is 8.48. The molecule has 2 atom stereocenters. The van der Waals surface area contributed by atoms with Crippen LogP contribution in [0.25, 0.3) is 0 Å². The number of carbonyl (C=O) groups excluding carboxylic acids is 1. The Hall–Kier alpha value is -1.35. The van der Waals surface area contributed by atoms with Crippen LogP contribution >= 0.6 is 0 Å². The topological polar surface area (TPSA) is 23.6 Å². The van der Waals surface area contributed by atoms with Gasteiger partial charge >= 0.3 is 0 Å². The van der Waals surface area contributed by atoms with Gasteiger partial charge in [-0.25, -0.2) is 0 Å². The number of likely N-dealkylation sites (tertiary alicyclic amines) is 2. The van der Waals surface area contributed by atoms with Crippen LogP contribution in [0.2, 0.25) is 0 Å². The predicted molar refractivity (Wildman–Crippen MR) is 71.6 cm³/mol. The van der Waals surface area contributed by atoms with Gasteiger partial charge in [0.25, 0.3) is 5.91 Å². The van der Waals surface area contributed by atoms with Crippen molar-refractivity contribution in [1.82, 2.24) is 9.80 Å². The summed E-state index contributed by atoms with van der Waals surface area (Å²) in [7, 11) is 2.17. The molecule has 1 aromatic rings. The quantitative estimate of drug-likeness (QED) is 0.751. The van der Waals surface area contributed by atoms with E-state index in [1.165, 1.54) is 18.5 Å². The van der Waals surface area contributed by atoms with E-state index >= 15 is 0 Å². The Morgan fingerprint density at radius 1 is 1.22 bits per heavy atom. The summed E-state index contributed by atoms with van der Waals surface area (Å²) in [4.78, 5) is 16.8. The van der Waals surface area contributed by atoms with Crippen molar-refractivity contribution in [2.75, 3.05) is 26.7 Å². The largest absolute Gasteiger partial charge is 0.337 e. The van der Waals surface area contributed by atoms with Crippen LogP contribution in [0, 0.1) is 12.8 Å². The lowest BCUT2D eigenvalue weighted by atomic mass is 10.1. The summed E-state index contributed by atoms with van der Waals surface area (Å²) in [6.45, 7) is 5.06. The summed E-state index contributed by atoms with van der Waals surface area (Å²) in [5.74, 6) is 0.877. The zero-order valence-electron chi connectivity index (χ0n) is 11.1. The maximum atomic E-state index is 12.4. The third kappa shape index (κ3) is 1.93. The molecule has 0 radical (unpaired) electrons. The van der Waals surface area contributed by atoms with E-state index in [0.29, 0.717) is 12.0 Å². The van der Waals surface area contributed by atoms with Crippen molar-refractivity contribution in [2.24, 2.45) is 5.92 Å². The second-order valence-corrected chi connectivity index (χ2v) is 5.67. The van der Waals surface area contributed by atoms with Crippen molar-refractivity contribution >= 4 is 5.91 Å². The van der Waals surface area contributed by atoms with E-state index in [0.717, 1.165) is 18.7 Å². The van der Waals surface area contributed by atoms with Crippen LogP contribution in [-0.4, -0.2) is 48.4 Å². The molecule has 1 aromatic carbocycles. The van der Waals surface area contributed by atoms with Crippen molar-refractivity contribution in [3.05, 3.63) is 35.4 Å². The molecule has 2 aliphatic rings. The highest BCUT2D eigenvalue weighted by molar-refractivity contribution is 5.94. The van der Waals surface area contributed by atoms with E-state index < -0.39 is 0 Å². The standard InChI is InChI=1S/C15H20N2O/c1-11-3-5-12(6-4-11)15(18)17-9-13-7-8-16(2)14(13)10-17/h3-6,13-14H,7-10H2,1-2H3/t13-,14+/m0/s1. The Morgan fingerprint density at radius 2 is 1.94 bits per heavy atom. The molecule has 3 rings (SSSR count). The second kappa shape index (κ2) is 4.39. The van der Waals surface area contributed by atoms with Crippen LogP contribution in [0.15, 0.2) is 24.3 Å². The second-order valence-electron chi connectivity index (χ2n) is 5.67. The Labute approximate surface area is 108 Å². The van der Waals surface area contributed by atoms with Crippen molar-refractivity contribution in [3.63, 3.8) is 0 Å². The molecule has 2 fully saturated rings. The number of hydrogen-bond acceptors (Lipinski definition) is 2. The fourth-order valence-corrected chi connectivity index (χ4v) is 3.22. The predicted octanol–water partition coefficient (Wildman–Crippen LogP) is 1.77. The first-order valence-electron chi connectivity index (χ1n) is 6.71. The molecule has 2 heterocycles. The molecule has 96 valence electrons. The van der Waals surface area contributed by atoms with Crippen LogP contribution < -0.4 is 0 Å². The summed E-state index contributed by atoms with van der Waals surface area (Å²) >= 11 is 0. The summed E-state index contributed by atoms with van der Waals surface area (Å²) in [5, 5.41) is 0. The normalized spacial score (nSPS) is 27.6. The smallest absolute Gasteiger partial charge is 0.253 e. The van der Waals surface area contributed by atoms with E-state index in [9.17, 15) is 4.79 Å². The maximum Gasteiger partial charge on any atom is 0.253 e. The fourth-order valence-electron chi connectivity index (χ4n) is 3.22. The average Bonchev–Trinajstić information content (AvgIpc) is 2.92. The molecule has 0 aromatic heterocycles. The van der Waals surface area contributed by atoms with Crippen molar-refractivity contribution < 1.29 is 4.79 Å². The van der Waals surface area contributed by atoms with Gasteiger partial charge in [0.1, 0.15) is 0 Å². The molecule has 0 N–H and O–H groups in total. The first kappa shape index (κ1) is 11.7. The fraction of sp³-hybridized carbons (Fsp3) is 0.533. The number of rotatable bonds is 1. The summed E-state index contributed by atoms with van der Waals surface area (Å²) in [5.41, 5.74) is 2.02. The Balaban J connectivity index is 1.73. The SMILES string of the molecule is Cc1ccc(C(=O)N2C[C@@H]3CCN(C)[C@@H]3C2)cc1. The van der Waals surface area contributed by atoms with Crippen molar-refractivity contribution in [2.45, 2.75) is 19.4 Å². The number of nitrogens with zero attached hydrogens (tertiary/aromatic N) is 2. The summed E-state index contributed by atoms with van der Waals surface area (Å²) < 4.78 is 0. The van der Waals surface area contributed by atoms with Gasteiger partial charge in [-0.15, -0.1) is 0 Å². The molecule has 2 aliphatic heterocycles. The maximum absolute atomic E-state index is 12.4. The first-order chi connectivity index (χ1) is 8.65. The molecular weight excluding hydrogens is 224 g/mol. The summed E-state index contributed by atoms with van der Waals surface area (Å²) in [6.07, 6.45) is 1.23. The highest BCUT2D eigenvalue weighted by Gasteiger charge is 2.41. The lowest BCUT2D eigenvalue weighted by Gasteiger charge is -2.20. The Bertz CT molecular complexity index is 454. The first-order valence-corrected chi connectivity index (χ1v) is 6.71. The number of carbonyl (C=O) groups is 1. The van der Waals surface area contributed by atoms with Gasteiger partial charge < -0.3 is 9.80 Å². The minimum Gasteiger partial charge on any atom is -0.337 e. The van der Waals surface area contributed by atoms with Crippen molar-refractivity contribution in [3.8, 4) is 0 Å². The number of amides is 1. The van der Waals surface area contributed by atoms with E-state index in [-0.39, 0.29) is 5.91 Å². The van der Waals surface area contributed by atoms with Gasteiger partial charge in [0.05, 0.1) is 0 Å². The van der Waals surface area contributed by atoms with Crippen LogP contribution in [0.4, 0.5) is 0 Å². The molecule has 0 bridgehead atoms. The molecule has 0 spiro atoms. The highest BCUT2D eigenvalue weighted by Crippen LogP contribution is 2.30. The highest BCUT2D eigenvalue weighted by atomic mass is 16.2. The molecular formula is C15H20N2O. The minimum absolute atomic E-state index is 0.192. The zero-order chi connectivity index (χ0) is 12.7. The van der Waals surface area contributed by atoms with E-state index in [1.54, 1.807) is 0 Å². The van der Waals surface area contributed by atoms with Crippen molar-refractivity contribution in [1.29, 1.82) is 0 Å². The molecule has 0 aliphatic carbocycles. The number of hydrogen-bond donors (Lipinski definition) is 0. The third-order valence-corrected chi connectivity index (χ3v) is 4.41. The molecule has 3 nitrogen and oxygen atoms in total. The van der Waals surface area contributed by atoms with Gasteiger partial charge in [0, 0.05) is 24.7 Å². The number of likely N-dealkylation sites (N-methyl/N-ethyl adjacent to an activating group) is 1. The molecule has 2 saturated heterocycles. The van der Waals surface area contributed by atoms with Gasteiger partial charge in [-0.3, -0.25) is 4.79 Å². The van der Waals surface area contributed by atoms with Crippen LogP contribution in [0.1, 0.15) is 22.3 Å². The molecule has 0 saturated carbocycles. The third-order valence-electron chi connectivity index (χ3n) is 4.41. The van der Waals surface area contributed by atoms with Crippen LogP contribution in [0.5, 0.6) is 0 Å². The van der Waals surface area contributed by atoms with E-state index in [1.807, 2.05) is 36.1 Å². The zero-order valence-corrected chi connectivity index (χ0v) is 11.1. The van der Waals surface area contributed by atoms with E-state index in [2.05, 4.69) is 11.9 Å². The van der Waals surface area contributed by atoms with Crippen LogP contribution in [-0.2, 0) is 0 Å². The number of fused-ring (bicyclic) bond motifs is 1. The molecule has 18 heavy (non-hydrogen) atoms. The van der Waals surface area contributed by atoms with Gasteiger partial charge in [-0.2, -0.15) is 0 Å². The lowest BCUT2D eigenvalue weighted by Crippen LogP contribution is -2.35. The van der Waals surface area contributed by atoms with Gasteiger partial charge in [0.2, 0.25) is 0 Å². The van der Waals surface area contributed by atoms with E-state index in [4.69, 9.17) is 0 Å². The molecule has 3 heteroatoms. The Morgan fingerprint density at radius 3 is 2.61 bits per heavy atom. The number of benzene rings is 1.